The van der Waals surface area contributed by atoms with E-state index in [9.17, 15) is 0 Å². The minimum atomic E-state index is 0.101. The normalized spacial score (nSPS) is 10.2. The summed E-state index contributed by atoms with van der Waals surface area (Å²) in [5.74, 6) is 6.82. The highest BCUT2D eigenvalue weighted by Crippen LogP contribution is 2.23. The number of aryl methyl sites for hydroxylation is 2. The summed E-state index contributed by atoms with van der Waals surface area (Å²) in [6.07, 6.45) is 0. The third-order valence-corrected chi connectivity index (χ3v) is 2.57. The Kier molecular flexibility index (Phi) is 3.29. The molecular formula is C12H15N5O. The summed E-state index contributed by atoms with van der Waals surface area (Å²) < 4.78 is 5.61. The molecule has 0 aliphatic rings. The maximum Gasteiger partial charge on any atom is 0.226 e. The predicted molar refractivity (Wildman–Crippen MR) is 70.2 cm³/mol. The molecule has 1 aromatic heterocycles. The smallest absolute Gasteiger partial charge is 0.226 e. The Hall–Kier alpha value is -2.34. The standard InChI is InChI=1S/C12H15N5O/c1-7-3-4-9(5-8(7)2)18-11-6-10(17-14)15-12(13)16-11/h3-6H,14H2,1-2H3,(H3,13,15,16,17). The summed E-state index contributed by atoms with van der Waals surface area (Å²) >= 11 is 0. The van der Waals surface area contributed by atoms with E-state index in [0.29, 0.717) is 17.4 Å². The molecule has 0 saturated heterocycles. The number of nitrogens with one attached hydrogen (secondary N) is 1. The molecule has 2 aromatic rings. The van der Waals surface area contributed by atoms with E-state index in [4.69, 9.17) is 16.3 Å². The third-order valence-electron chi connectivity index (χ3n) is 2.57. The van der Waals surface area contributed by atoms with Gasteiger partial charge in [-0.15, -0.1) is 0 Å². The molecule has 0 spiro atoms. The number of ether oxygens (including phenoxy) is 1. The van der Waals surface area contributed by atoms with E-state index in [2.05, 4.69) is 15.4 Å². The Bertz CT molecular complexity index is 570. The van der Waals surface area contributed by atoms with E-state index in [1.165, 1.54) is 5.56 Å². The maximum atomic E-state index is 5.61. The highest BCUT2D eigenvalue weighted by atomic mass is 16.5. The number of anilines is 2. The van der Waals surface area contributed by atoms with Crippen LogP contribution in [-0.4, -0.2) is 9.97 Å². The first-order valence-electron chi connectivity index (χ1n) is 5.45. The molecule has 18 heavy (non-hydrogen) atoms. The molecule has 0 aliphatic carbocycles. The highest BCUT2D eigenvalue weighted by Gasteiger charge is 2.04. The molecule has 6 heteroatoms. The molecule has 1 heterocycles. The van der Waals surface area contributed by atoms with Gasteiger partial charge >= 0.3 is 0 Å². The number of benzene rings is 1. The van der Waals surface area contributed by atoms with Crippen LogP contribution in [0.4, 0.5) is 11.8 Å². The van der Waals surface area contributed by atoms with Crippen LogP contribution in [0.25, 0.3) is 0 Å². The van der Waals surface area contributed by atoms with Crippen molar-refractivity contribution in [2.45, 2.75) is 13.8 Å². The number of rotatable bonds is 3. The van der Waals surface area contributed by atoms with Gasteiger partial charge in [-0.2, -0.15) is 9.97 Å². The van der Waals surface area contributed by atoms with Gasteiger partial charge in [0.2, 0.25) is 11.8 Å². The third kappa shape index (κ3) is 2.67. The van der Waals surface area contributed by atoms with Crippen LogP contribution in [-0.2, 0) is 0 Å². The Labute approximate surface area is 105 Å². The molecule has 0 aliphatic heterocycles. The summed E-state index contributed by atoms with van der Waals surface area (Å²) in [4.78, 5) is 7.85. The van der Waals surface area contributed by atoms with Crippen molar-refractivity contribution in [3.8, 4) is 11.6 Å². The number of nitrogen functional groups attached to an aromatic ring is 2. The first-order valence-corrected chi connectivity index (χ1v) is 5.45. The lowest BCUT2D eigenvalue weighted by atomic mass is 10.1. The molecule has 0 atom stereocenters. The molecule has 5 N–H and O–H groups in total. The monoisotopic (exact) mass is 245 g/mol. The molecule has 0 bridgehead atoms. The number of hydrazine groups is 1. The van der Waals surface area contributed by atoms with Crippen LogP contribution in [0.5, 0.6) is 11.6 Å². The van der Waals surface area contributed by atoms with Crippen LogP contribution < -0.4 is 21.7 Å². The summed E-state index contributed by atoms with van der Waals surface area (Å²) in [5.41, 5.74) is 10.3. The fraction of sp³-hybridized carbons (Fsp3) is 0.167. The average molecular weight is 245 g/mol. The molecule has 0 amide bonds. The minimum absolute atomic E-state index is 0.101. The van der Waals surface area contributed by atoms with Crippen molar-refractivity contribution in [3.05, 3.63) is 35.4 Å². The van der Waals surface area contributed by atoms with Crippen molar-refractivity contribution in [1.29, 1.82) is 0 Å². The molecule has 6 nitrogen and oxygen atoms in total. The van der Waals surface area contributed by atoms with Gasteiger partial charge in [-0.25, -0.2) is 5.84 Å². The second-order valence-electron chi connectivity index (χ2n) is 3.94. The van der Waals surface area contributed by atoms with Crippen molar-refractivity contribution in [1.82, 2.24) is 9.97 Å². The van der Waals surface area contributed by atoms with Crippen LogP contribution >= 0.6 is 0 Å². The number of hydrogen-bond acceptors (Lipinski definition) is 6. The second kappa shape index (κ2) is 4.89. The minimum Gasteiger partial charge on any atom is -0.439 e. The van der Waals surface area contributed by atoms with E-state index < -0.39 is 0 Å². The van der Waals surface area contributed by atoms with Gasteiger partial charge < -0.3 is 15.9 Å². The Balaban J connectivity index is 2.27. The van der Waals surface area contributed by atoms with E-state index >= 15 is 0 Å². The van der Waals surface area contributed by atoms with Crippen LogP contribution in [0.3, 0.4) is 0 Å². The second-order valence-corrected chi connectivity index (χ2v) is 3.94. The van der Waals surface area contributed by atoms with Crippen LogP contribution in [0.1, 0.15) is 11.1 Å². The van der Waals surface area contributed by atoms with Gasteiger partial charge in [-0.05, 0) is 37.1 Å². The Morgan fingerprint density at radius 3 is 2.56 bits per heavy atom. The van der Waals surface area contributed by atoms with Gasteiger partial charge in [0.05, 0.1) is 0 Å². The average Bonchev–Trinajstić information content (AvgIpc) is 2.33. The molecule has 1 aromatic carbocycles. The van der Waals surface area contributed by atoms with Crippen molar-refractivity contribution in [2.24, 2.45) is 5.84 Å². The quantitative estimate of drug-likeness (QED) is 0.563. The predicted octanol–water partition coefficient (Wildman–Crippen LogP) is 1.75. The van der Waals surface area contributed by atoms with Crippen molar-refractivity contribution < 1.29 is 4.74 Å². The van der Waals surface area contributed by atoms with Crippen molar-refractivity contribution >= 4 is 11.8 Å². The summed E-state index contributed by atoms with van der Waals surface area (Å²) in [5, 5.41) is 0. The van der Waals surface area contributed by atoms with Gasteiger partial charge in [-0.3, -0.25) is 0 Å². The molecule has 94 valence electrons. The van der Waals surface area contributed by atoms with Crippen molar-refractivity contribution in [3.63, 3.8) is 0 Å². The molecule has 0 unspecified atom stereocenters. The number of aromatic nitrogens is 2. The lowest BCUT2D eigenvalue weighted by Crippen LogP contribution is -2.10. The van der Waals surface area contributed by atoms with E-state index in [1.54, 1.807) is 6.07 Å². The van der Waals surface area contributed by atoms with Gasteiger partial charge in [0.25, 0.3) is 0 Å². The SMILES string of the molecule is Cc1ccc(Oc2cc(NN)nc(N)n2)cc1C. The number of hydrogen-bond donors (Lipinski definition) is 3. The molecule has 2 rings (SSSR count). The van der Waals surface area contributed by atoms with Crippen LogP contribution in [0.15, 0.2) is 24.3 Å². The van der Waals surface area contributed by atoms with Gasteiger partial charge in [0.1, 0.15) is 11.6 Å². The fourth-order valence-electron chi connectivity index (χ4n) is 1.47. The van der Waals surface area contributed by atoms with Crippen LogP contribution in [0.2, 0.25) is 0 Å². The topological polar surface area (TPSA) is 99.1 Å². The summed E-state index contributed by atoms with van der Waals surface area (Å²) in [6.45, 7) is 4.06. The zero-order chi connectivity index (χ0) is 13.1. The first kappa shape index (κ1) is 12.1. The fourth-order valence-corrected chi connectivity index (χ4v) is 1.47. The highest BCUT2D eigenvalue weighted by molar-refractivity contribution is 5.43. The van der Waals surface area contributed by atoms with E-state index in [0.717, 1.165) is 5.56 Å². The summed E-state index contributed by atoms with van der Waals surface area (Å²) in [6, 6.07) is 7.36. The zero-order valence-electron chi connectivity index (χ0n) is 10.3. The van der Waals surface area contributed by atoms with Crippen LogP contribution in [0, 0.1) is 13.8 Å². The molecule has 0 saturated carbocycles. The molecule has 0 fully saturated rings. The lowest BCUT2D eigenvalue weighted by Gasteiger charge is -2.08. The Morgan fingerprint density at radius 2 is 1.89 bits per heavy atom. The zero-order valence-corrected chi connectivity index (χ0v) is 10.3. The molecular weight excluding hydrogens is 230 g/mol. The van der Waals surface area contributed by atoms with Crippen molar-refractivity contribution in [2.75, 3.05) is 11.2 Å². The Morgan fingerprint density at radius 1 is 1.11 bits per heavy atom. The maximum absolute atomic E-state index is 5.61. The number of nitrogens with two attached hydrogens (primary N) is 2. The number of nitrogens with zero attached hydrogens (tertiary/aromatic N) is 2. The van der Waals surface area contributed by atoms with E-state index in [-0.39, 0.29) is 5.95 Å². The first-order chi connectivity index (χ1) is 8.58. The van der Waals surface area contributed by atoms with Gasteiger partial charge in [0.15, 0.2) is 0 Å². The van der Waals surface area contributed by atoms with E-state index in [1.807, 2.05) is 32.0 Å². The molecule has 0 radical (unpaired) electrons. The van der Waals surface area contributed by atoms with Gasteiger partial charge in [-0.1, -0.05) is 6.07 Å². The van der Waals surface area contributed by atoms with Gasteiger partial charge in [0, 0.05) is 6.07 Å². The lowest BCUT2D eigenvalue weighted by molar-refractivity contribution is 0.462. The largest absolute Gasteiger partial charge is 0.439 e. The summed E-state index contributed by atoms with van der Waals surface area (Å²) in [7, 11) is 0.